The van der Waals surface area contributed by atoms with Gasteiger partial charge in [0.1, 0.15) is 0 Å². The van der Waals surface area contributed by atoms with E-state index in [2.05, 4.69) is 5.32 Å². The van der Waals surface area contributed by atoms with Crippen molar-refractivity contribution in [3.8, 4) is 0 Å². The highest BCUT2D eigenvalue weighted by Crippen LogP contribution is 2.19. The smallest absolute Gasteiger partial charge is 0.303 e. The van der Waals surface area contributed by atoms with Crippen LogP contribution in [-0.2, 0) is 9.59 Å². The Morgan fingerprint density at radius 2 is 1.95 bits per heavy atom. The van der Waals surface area contributed by atoms with Crippen LogP contribution in [0.25, 0.3) is 0 Å². The summed E-state index contributed by atoms with van der Waals surface area (Å²) in [6, 6.07) is 9.16. The molecule has 0 spiro atoms. The van der Waals surface area contributed by atoms with Crippen LogP contribution < -0.4 is 5.32 Å². The van der Waals surface area contributed by atoms with E-state index in [1.807, 2.05) is 43.3 Å². The first kappa shape index (κ1) is 16.0. The second-order valence-corrected chi connectivity index (χ2v) is 4.66. The molecule has 1 unspecified atom stereocenters. The molecule has 4 heteroatoms. The lowest BCUT2D eigenvalue weighted by Crippen LogP contribution is -2.29. The number of rotatable bonds is 7. The van der Waals surface area contributed by atoms with Gasteiger partial charge in [-0.1, -0.05) is 43.3 Å². The zero-order valence-electron chi connectivity index (χ0n) is 11.9. The summed E-state index contributed by atoms with van der Waals surface area (Å²) in [5, 5.41) is 11.7. The van der Waals surface area contributed by atoms with Crippen LogP contribution in [0.1, 0.15) is 44.7 Å². The molecule has 108 valence electrons. The number of carbonyl (C=O) groups is 2. The number of nitrogens with one attached hydrogen (secondary N) is 1. The maximum atomic E-state index is 12.0. The zero-order valence-corrected chi connectivity index (χ0v) is 11.9. The van der Waals surface area contributed by atoms with Crippen molar-refractivity contribution < 1.29 is 14.7 Å². The van der Waals surface area contributed by atoms with E-state index in [4.69, 9.17) is 5.11 Å². The van der Waals surface area contributed by atoms with Crippen LogP contribution in [-0.4, -0.2) is 17.0 Å². The first-order valence-electron chi connectivity index (χ1n) is 6.79. The molecular weight excluding hydrogens is 254 g/mol. The highest BCUT2D eigenvalue weighted by atomic mass is 16.4. The Balaban J connectivity index is 2.80. The lowest BCUT2D eigenvalue weighted by molar-refractivity contribution is -0.137. The molecule has 0 aliphatic heterocycles. The van der Waals surface area contributed by atoms with Gasteiger partial charge >= 0.3 is 5.97 Å². The van der Waals surface area contributed by atoms with Gasteiger partial charge in [-0.3, -0.25) is 9.59 Å². The Morgan fingerprint density at radius 1 is 1.30 bits per heavy atom. The van der Waals surface area contributed by atoms with Gasteiger partial charge in [0.2, 0.25) is 5.91 Å². The van der Waals surface area contributed by atoms with Gasteiger partial charge in [-0.15, -0.1) is 0 Å². The van der Waals surface area contributed by atoms with E-state index < -0.39 is 5.97 Å². The summed E-state index contributed by atoms with van der Waals surface area (Å²) in [6.07, 6.45) is 3.06. The molecule has 4 nitrogen and oxygen atoms in total. The van der Waals surface area contributed by atoms with Crippen molar-refractivity contribution in [2.75, 3.05) is 0 Å². The van der Waals surface area contributed by atoms with Crippen LogP contribution in [0.2, 0.25) is 0 Å². The van der Waals surface area contributed by atoms with Gasteiger partial charge in [-0.05, 0) is 25.3 Å². The molecule has 0 aliphatic rings. The number of amides is 1. The average molecular weight is 275 g/mol. The van der Waals surface area contributed by atoms with Crippen molar-refractivity contribution in [1.29, 1.82) is 0 Å². The fraction of sp³-hybridized carbons (Fsp3) is 0.375. The number of allylic oxidation sites excluding steroid dienone is 1. The minimum absolute atomic E-state index is 0.0242. The summed E-state index contributed by atoms with van der Waals surface area (Å²) in [7, 11) is 0. The highest BCUT2D eigenvalue weighted by Gasteiger charge is 2.16. The van der Waals surface area contributed by atoms with Crippen LogP contribution in [0.15, 0.2) is 42.0 Å². The quantitative estimate of drug-likeness (QED) is 0.751. The zero-order chi connectivity index (χ0) is 15.0. The molecule has 1 rings (SSSR count). The van der Waals surface area contributed by atoms with E-state index in [1.165, 1.54) is 0 Å². The molecule has 0 aliphatic carbocycles. The standard InChI is InChI=1S/C16H21NO3/c1-3-7-12(2)16(20)17-14(10-11-15(18)19)13-8-5-4-6-9-13/h4-9,14H,3,10-11H2,1-2H3,(H,17,20)(H,18,19)/b12-7+. The van der Waals surface area contributed by atoms with E-state index >= 15 is 0 Å². The van der Waals surface area contributed by atoms with Crippen LogP contribution in [0.3, 0.4) is 0 Å². The second-order valence-electron chi connectivity index (χ2n) is 4.66. The van der Waals surface area contributed by atoms with Gasteiger partial charge in [0, 0.05) is 12.0 Å². The topological polar surface area (TPSA) is 66.4 Å². The third kappa shape index (κ3) is 5.26. The molecule has 0 fully saturated rings. The molecule has 1 atom stereocenters. The average Bonchev–Trinajstić information content (AvgIpc) is 2.44. The Bertz CT molecular complexity index is 480. The molecule has 1 aromatic rings. The first-order chi connectivity index (χ1) is 9.54. The van der Waals surface area contributed by atoms with Crippen molar-refractivity contribution in [1.82, 2.24) is 5.32 Å². The molecule has 0 radical (unpaired) electrons. The molecule has 20 heavy (non-hydrogen) atoms. The summed E-state index contributed by atoms with van der Waals surface area (Å²) in [6.45, 7) is 3.73. The van der Waals surface area contributed by atoms with E-state index in [-0.39, 0.29) is 18.4 Å². The van der Waals surface area contributed by atoms with E-state index in [0.717, 1.165) is 12.0 Å². The maximum Gasteiger partial charge on any atom is 0.303 e. The highest BCUT2D eigenvalue weighted by molar-refractivity contribution is 5.93. The van der Waals surface area contributed by atoms with Crippen molar-refractivity contribution in [2.45, 2.75) is 39.2 Å². The van der Waals surface area contributed by atoms with Gasteiger partial charge in [0.25, 0.3) is 0 Å². The van der Waals surface area contributed by atoms with Gasteiger partial charge in [0.15, 0.2) is 0 Å². The lowest BCUT2D eigenvalue weighted by atomic mass is 10.0. The number of hydrogen-bond donors (Lipinski definition) is 2. The van der Waals surface area contributed by atoms with E-state index in [1.54, 1.807) is 6.92 Å². The SMILES string of the molecule is CC/C=C(\C)C(=O)NC(CCC(=O)O)c1ccccc1. The lowest BCUT2D eigenvalue weighted by Gasteiger charge is -2.18. The fourth-order valence-corrected chi connectivity index (χ4v) is 1.95. The molecular formula is C16H21NO3. The Kier molecular flexibility index (Phi) is 6.50. The van der Waals surface area contributed by atoms with Crippen molar-refractivity contribution in [3.05, 3.63) is 47.5 Å². The van der Waals surface area contributed by atoms with Gasteiger partial charge < -0.3 is 10.4 Å². The maximum absolute atomic E-state index is 12.0. The van der Waals surface area contributed by atoms with E-state index in [9.17, 15) is 9.59 Å². The summed E-state index contributed by atoms with van der Waals surface area (Å²) >= 11 is 0. The van der Waals surface area contributed by atoms with Gasteiger partial charge in [0.05, 0.1) is 6.04 Å². The summed E-state index contributed by atoms with van der Waals surface area (Å²) in [5.74, 6) is -1.01. The largest absolute Gasteiger partial charge is 0.481 e. The van der Waals surface area contributed by atoms with Crippen molar-refractivity contribution >= 4 is 11.9 Å². The summed E-state index contributed by atoms with van der Waals surface area (Å²) in [5.41, 5.74) is 1.58. The van der Waals surface area contributed by atoms with E-state index in [0.29, 0.717) is 12.0 Å². The molecule has 1 amide bonds. The fourth-order valence-electron chi connectivity index (χ4n) is 1.95. The third-order valence-corrected chi connectivity index (χ3v) is 3.02. The minimum atomic E-state index is -0.860. The normalized spacial score (nSPS) is 12.8. The monoisotopic (exact) mass is 275 g/mol. The minimum Gasteiger partial charge on any atom is -0.481 e. The Morgan fingerprint density at radius 3 is 2.50 bits per heavy atom. The third-order valence-electron chi connectivity index (χ3n) is 3.02. The molecule has 0 heterocycles. The first-order valence-corrected chi connectivity index (χ1v) is 6.79. The molecule has 2 N–H and O–H groups in total. The summed E-state index contributed by atoms with van der Waals surface area (Å²) in [4.78, 5) is 22.8. The molecule has 0 aromatic heterocycles. The predicted octanol–water partition coefficient (Wildman–Crippen LogP) is 3.07. The number of carboxylic acids is 1. The molecule has 0 saturated carbocycles. The number of hydrogen-bond acceptors (Lipinski definition) is 2. The van der Waals surface area contributed by atoms with Gasteiger partial charge in [-0.2, -0.15) is 0 Å². The van der Waals surface area contributed by atoms with Crippen LogP contribution >= 0.6 is 0 Å². The number of carboxylic acid groups (broad SMARTS) is 1. The Hall–Kier alpha value is -2.10. The second kappa shape index (κ2) is 8.15. The van der Waals surface area contributed by atoms with Gasteiger partial charge in [-0.25, -0.2) is 0 Å². The van der Waals surface area contributed by atoms with Crippen molar-refractivity contribution in [2.24, 2.45) is 0 Å². The number of carbonyl (C=O) groups excluding carboxylic acids is 1. The van der Waals surface area contributed by atoms with Crippen molar-refractivity contribution in [3.63, 3.8) is 0 Å². The number of benzene rings is 1. The molecule has 0 bridgehead atoms. The predicted molar refractivity (Wildman–Crippen MR) is 78.2 cm³/mol. The van der Waals surface area contributed by atoms with Crippen LogP contribution in [0, 0.1) is 0 Å². The summed E-state index contributed by atoms with van der Waals surface area (Å²) < 4.78 is 0. The number of aliphatic carboxylic acids is 1. The van der Waals surface area contributed by atoms with Crippen LogP contribution in [0.4, 0.5) is 0 Å². The van der Waals surface area contributed by atoms with Crippen LogP contribution in [0.5, 0.6) is 0 Å². The molecule has 0 saturated heterocycles. The molecule has 1 aromatic carbocycles. The Labute approximate surface area is 119 Å².